The molecule has 1 heterocycles. The molecule has 7 heteroatoms. The summed E-state index contributed by atoms with van der Waals surface area (Å²) in [6.07, 6.45) is 2.15. The lowest BCUT2D eigenvalue weighted by Crippen LogP contribution is -2.43. The highest BCUT2D eigenvalue weighted by atomic mass is 28.4. The summed E-state index contributed by atoms with van der Waals surface area (Å²) in [5, 5.41) is 2.89. The van der Waals surface area contributed by atoms with Gasteiger partial charge in [0, 0.05) is 30.3 Å². The van der Waals surface area contributed by atoms with Crippen molar-refractivity contribution in [2.24, 2.45) is 17.6 Å². The topological polar surface area (TPSA) is 94.3 Å². The molecule has 6 nitrogen and oxygen atoms in total. The molecule has 3 N–H and O–H groups in total. The van der Waals surface area contributed by atoms with Crippen LogP contribution in [0.15, 0.2) is 36.4 Å². The fourth-order valence-electron chi connectivity index (χ4n) is 5.45. The molecule has 5 atom stereocenters. The van der Waals surface area contributed by atoms with Crippen molar-refractivity contribution in [2.75, 3.05) is 7.05 Å². The highest BCUT2D eigenvalue weighted by molar-refractivity contribution is 6.74. The Kier molecular flexibility index (Phi) is 6.70. The SMILES string of the molecule is CNC(=O)c1nc([C@@H](C)c2ccccc2)cc(C(N)=O)c1C1[C@H]2CC(O[Si](C)(C)C(C)(C)C)C[C@@H]12. The van der Waals surface area contributed by atoms with Crippen molar-refractivity contribution in [1.29, 1.82) is 0 Å². The quantitative estimate of drug-likeness (QED) is 0.518. The van der Waals surface area contributed by atoms with E-state index in [1.165, 1.54) is 0 Å². The number of primary amides is 1. The zero-order chi connectivity index (χ0) is 25.7. The molecule has 0 spiro atoms. The minimum atomic E-state index is -1.85. The van der Waals surface area contributed by atoms with Gasteiger partial charge in [0.2, 0.25) is 5.91 Å². The molecule has 1 aromatic heterocycles. The highest BCUT2D eigenvalue weighted by Gasteiger charge is 2.59. The third-order valence-electron chi connectivity index (χ3n) is 8.53. The van der Waals surface area contributed by atoms with Crippen LogP contribution >= 0.6 is 0 Å². The summed E-state index contributed by atoms with van der Waals surface area (Å²) >= 11 is 0. The first-order valence-corrected chi connectivity index (χ1v) is 15.6. The lowest BCUT2D eigenvalue weighted by atomic mass is 9.90. The third kappa shape index (κ3) is 4.80. The van der Waals surface area contributed by atoms with Crippen molar-refractivity contribution >= 4 is 20.1 Å². The number of carbonyl (C=O) groups excluding carboxylic acids is 2. The number of nitrogens with two attached hydrogens (primary N) is 1. The Morgan fingerprint density at radius 1 is 1.14 bits per heavy atom. The second-order valence-corrected chi connectivity index (χ2v) is 16.5. The molecule has 0 bridgehead atoms. The fraction of sp³-hybridized carbons (Fsp3) is 0.536. The van der Waals surface area contributed by atoms with E-state index in [9.17, 15) is 9.59 Å². The van der Waals surface area contributed by atoms with E-state index < -0.39 is 14.2 Å². The van der Waals surface area contributed by atoms with Crippen LogP contribution in [0.5, 0.6) is 0 Å². The first-order valence-electron chi connectivity index (χ1n) is 12.6. The van der Waals surface area contributed by atoms with Crippen LogP contribution in [-0.2, 0) is 4.43 Å². The summed E-state index contributed by atoms with van der Waals surface area (Å²) in [5.41, 5.74) is 9.13. The number of nitrogens with one attached hydrogen (secondary N) is 1. The summed E-state index contributed by atoms with van der Waals surface area (Å²) in [6.45, 7) is 13.4. The van der Waals surface area contributed by atoms with Gasteiger partial charge in [0.25, 0.3) is 5.91 Å². The predicted molar refractivity (Wildman–Crippen MR) is 141 cm³/mol. The summed E-state index contributed by atoms with van der Waals surface area (Å²) in [6, 6.07) is 11.8. The molecule has 35 heavy (non-hydrogen) atoms. The molecule has 2 aliphatic carbocycles. The third-order valence-corrected chi connectivity index (χ3v) is 13.1. The number of aromatic nitrogens is 1. The molecule has 0 radical (unpaired) electrons. The number of hydrogen-bond acceptors (Lipinski definition) is 4. The Labute approximate surface area is 210 Å². The second-order valence-electron chi connectivity index (χ2n) is 11.8. The van der Waals surface area contributed by atoms with Gasteiger partial charge in [-0.3, -0.25) is 9.59 Å². The Bertz CT molecular complexity index is 1110. The zero-order valence-corrected chi connectivity index (χ0v) is 23.0. The minimum absolute atomic E-state index is 0.0761. The maximum Gasteiger partial charge on any atom is 0.269 e. The Hall–Kier alpha value is -2.51. The summed E-state index contributed by atoms with van der Waals surface area (Å²) in [5.74, 6) is 0.0539. The molecule has 2 fully saturated rings. The van der Waals surface area contributed by atoms with Gasteiger partial charge in [0.1, 0.15) is 5.69 Å². The average molecular weight is 494 g/mol. The molecule has 0 saturated heterocycles. The number of benzene rings is 1. The van der Waals surface area contributed by atoms with E-state index in [0.29, 0.717) is 28.8 Å². The largest absolute Gasteiger partial charge is 0.414 e. The molecular formula is C28H39N3O3Si. The van der Waals surface area contributed by atoms with Crippen LogP contribution < -0.4 is 11.1 Å². The Balaban J connectivity index is 1.65. The van der Waals surface area contributed by atoms with Crippen molar-refractivity contribution < 1.29 is 14.0 Å². The molecule has 4 rings (SSSR count). The lowest BCUT2D eigenvalue weighted by Gasteiger charge is -2.39. The van der Waals surface area contributed by atoms with Crippen LogP contribution in [-0.4, -0.2) is 38.3 Å². The van der Waals surface area contributed by atoms with E-state index >= 15 is 0 Å². The van der Waals surface area contributed by atoms with Crippen LogP contribution in [0, 0.1) is 11.8 Å². The molecule has 2 unspecified atom stereocenters. The lowest BCUT2D eigenvalue weighted by molar-refractivity contribution is 0.0956. The van der Waals surface area contributed by atoms with Crippen molar-refractivity contribution in [2.45, 2.75) is 76.6 Å². The number of fused-ring (bicyclic) bond motifs is 1. The first kappa shape index (κ1) is 25.6. The normalized spacial score (nSPS) is 24.5. The van der Waals surface area contributed by atoms with Gasteiger partial charge in [-0.2, -0.15) is 0 Å². The molecule has 1 aromatic carbocycles. The van der Waals surface area contributed by atoms with Crippen molar-refractivity contribution in [3.63, 3.8) is 0 Å². The molecular weight excluding hydrogens is 454 g/mol. The average Bonchev–Trinajstić information content (AvgIpc) is 3.29. The van der Waals surface area contributed by atoms with E-state index in [-0.39, 0.29) is 28.9 Å². The number of amides is 2. The van der Waals surface area contributed by atoms with Crippen LogP contribution in [0.3, 0.4) is 0 Å². The summed E-state index contributed by atoms with van der Waals surface area (Å²) in [4.78, 5) is 30.5. The van der Waals surface area contributed by atoms with Gasteiger partial charge in [-0.15, -0.1) is 0 Å². The van der Waals surface area contributed by atoms with E-state index in [1.54, 1.807) is 13.1 Å². The van der Waals surface area contributed by atoms with Crippen molar-refractivity contribution in [1.82, 2.24) is 10.3 Å². The van der Waals surface area contributed by atoms with Crippen LogP contribution in [0.2, 0.25) is 18.1 Å². The number of nitrogens with zero attached hydrogens (tertiary/aromatic N) is 1. The van der Waals surface area contributed by atoms with Crippen LogP contribution in [0.1, 0.15) is 90.0 Å². The van der Waals surface area contributed by atoms with Gasteiger partial charge < -0.3 is 15.5 Å². The Morgan fingerprint density at radius 2 is 1.74 bits per heavy atom. The Morgan fingerprint density at radius 3 is 2.26 bits per heavy atom. The summed E-state index contributed by atoms with van der Waals surface area (Å²) < 4.78 is 6.68. The predicted octanol–water partition coefficient (Wildman–Crippen LogP) is 5.21. The van der Waals surface area contributed by atoms with Crippen LogP contribution in [0.25, 0.3) is 0 Å². The molecule has 2 amide bonds. The standard InChI is InChI=1S/C28H39N3O3Si/c1-16(17-11-9-8-10-12-17)22-15-21(26(29)32)24(25(31-22)27(33)30-5)23-19-13-18(14-20(19)23)34-35(6,7)28(2,3)4/h8-12,15-16,18-20,23H,13-14H2,1-7H3,(H2,29,32)(H,30,33)/t16-,18?,19-,20+,23?/m0/s1. The monoisotopic (exact) mass is 493 g/mol. The first-order chi connectivity index (χ1) is 16.4. The van der Waals surface area contributed by atoms with Gasteiger partial charge >= 0.3 is 0 Å². The highest BCUT2D eigenvalue weighted by Crippen LogP contribution is 2.65. The number of carbonyl (C=O) groups is 2. The van der Waals surface area contributed by atoms with Gasteiger partial charge in [0.15, 0.2) is 8.32 Å². The van der Waals surface area contributed by atoms with Gasteiger partial charge in [-0.25, -0.2) is 4.98 Å². The maximum absolute atomic E-state index is 13.0. The molecule has 2 aromatic rings. The molecule has 188 valence electrons. The van der Waals surface area contributed by atoms with Crippen LogP contribution in [0.4, 0.5) is 0 Å². The molecule has 0 aliphatic heterocycles. The van der Waals surface area contributed by atoms with E-state index in [1.807, 2.05) is 37.3 Å². The second kappa shape index (κ2) is 9.17. The van der Waals surface area contributed by atoms with Crippen molar-refractivity contribution in [3.05, 3.63) is 64.5 Å². The fourth-order valence-corrected chi connectivity index (χ4v) is 6.83. The maximum atomic E-state index is 13.0. The number of hydrogen-bond donors (Lipinski definition) is 2. The van der Waals surface area contributed by atoms with E-state index in [2.05, 4.69) is 39.2 Å². The molecule has 2 aliphatic rings. The van der Waals surface area contributed by atoms with Gasteiger partial charge in [-0.05, 0) is 65.9 Å². The molecule has 2 saturated carbocycles. The van der Waals surface area contributed by atoms with E-state index in [0.717, 1.165) is 24.0 Å². The smallest absolute Gasteiger partial charge is 0.269 e. The van der Waals surface area contributed by atoms with Gasteiger partial charge in [-0.1, -0.05) is 58.0 Å². The minimum Gasteiger partial charge on any atom is -0.414 e. The van der Waals surface area contributed by atoms with Gasteiger partial charge in [0.05, 0.1) is 0 Å². The summed E-state index contributed by atoms with van der Waals surface area (Å²) in [7, 11) is -0.248. The number of rotatable bonds is 7. The van der Waals surface area contributed by atoms with Crippen molar-refractivity contribution in [3.8, 4) is 0 Å². The number of pyridine rings is 1. The van der Waals surface area contributed by atoms with E-state index in [4.69, 9.17) is 15.1 Å². The zero-order valence-electron chi connectivity index (χ0n) is 22.0.